The highest BCUT2D eigenvalue weighted by atomic mass is 19.1. The van der Waals surface area contributed by atoms with Gasteiger partial charge < -0.3 is 4.90 Å². The fourth-order valence-electron chi connectivity index (χ4n) is 3.18. The number of anilines is 1. The monoisotopic (exact) mass is 376 g/mol. The van der Waals surface area contributed by atoms with Gasteiger partial charge in [-0.25, -0.2) is 4.98 Å². The highest BCUT2D eigenvalue weighted by Crippen LogP contribution is 2.23. The van der Waals surface area contributed by atoms with Gasteiger partial charge in [-0.2, -0.15) is 4.39 Å². The second-order valence-corrected chi connectivity index (χ2v) is 6.96. The number of Topliss-reactive ketones (excluding diaryl/α,β-unsaturated/α-hetero) is 1. The summed E-state index contributed by atoms with van der Waals surface area (Å²) in [6, 6.07) is 19.2. The van der Waals surface area contributed by atoms with E-state index < -0.39 is 5.95 Å². The molecule has 0 aliphatic carbocycles. The molecule has 2 aromatic carbocycles. The van der Waals surface area contributed by atoms with Crippen molar-refractivity contribution in [2.75, 3.05) is 18.5 Å². The quantitative estimate of drug-likeness (QED) is 0.382. The smallest absolute Gasteiger partial charge is 0.212 e. The zero-order valence-corrected chi connectivity index (χ0v) is 16.4. The molecule has 4 heteroatoms. The number of pyridine rings is 1. The molecule has 28 heavy (non-hydrogen) atoms. The van der Waals surface area contributed by atoms with E-state index in [0.29, 0.717) is 18.4 Å². The van der Waals surface area contributed by atoms with Gasteiger partial charge >= 0.3 is 0 Å². The number of nitrogens with zero attached hydrogens (tertiary/aromatic N) is 2. The number of rotatable bonds is 8. The Labute approximate surface area is 165 Å². The lowest BCUT2D eigenvalue weighted by Gasteiger charge is -2.18. The first-order chi connectivity index (χ1) is 13.6. The maximum atomic E-state index is 12.8. The molecule has 1 heterocycles. The van der Waals surface area contributed by atoms with Crippen LogP contribution < -0.4 is 4.90 Å². The van der Waals surface area contributed by atoms with Crippen LogP contribution in [-0.4, -0.2) is 24.4 Å². The van der Waals surface area contributed by atoms with Crippen molar-refractivity contribution >= 4 is 11.5 Å². The lowest BCUT2D eigenvalue weighted by Crippen LogP contribution is -2.17. The molecule has 0 radical (unpaired) electrons. The van der Waals surface area contributed by atoms with Crippen molar-refractivity contribution in [3.8, 4) is 11.1 Å². The van der Waals surface area contributed by atoms with E-state index >= 15 is 0 Å². The second kappa shape index (κ2) is 9.27. The maximum Gasteiger partial charge on any atom is 0.212 e. The Balaban J connectivity index is 1.62. The van der Waals surface area contributed by atoms with Crippen LogP contribution in [0.5, 0.6) is 0 Å². The fraction of sp³-hybridized carbons (Fsp3) is 0.250. The summed E-state index contributed by atoms with van der Waals surface area (Å²) in [5.41, 5.74) is 4.97. The van der Waals surface area contributed by atoms with Crippen LogP contribution in [0.4, 0.5) is 10.1 Å². The summed E-state index contributed by atoms with van der Waals surface area (Å²) in [5, 5.41) is 0. The van der Waals surface area contributed by atoms with Gasteiger partial charge in [0.15, 0.2) is 5.78 Å². The number of ketones is 1. The minimum absolute atomic E-state index is 0.0763. The van der Waals surface area contributed by atoms with Crippen LogP contribution in [0.25, 0.3) is 11.1 Å². The van der Waals surface area contributed by atoms with Crippen molar-refractivity contribution in [2.45, 2.75) is 26.2 Å². The number of carbonyl (C=O) groups is 1. The lowest BCUT2D eigenvalue weighted by molar-refractivity contribution is 0.0983. The highest BCUT2D eigenvalue weighted by Gasteiger charge is 2.08. The van der Waals surface area contributed by atoms with Crippen LogP contribution in [0.1, 0.15) is 35.7 Å². The summed E-state index contributed by atoms with van der Waals surface area (Å²) in [6.45, 7) is 3.20. The standard InChI is InChI=1S/C24H25FN2O/c1-3-16-27(2)22-12-10-20(11-13-22)19-6-8-21(9-7-19)23(28)14-4-18-5-15-24(25)26-17-18/h5-13,15,17H,3-4,14,16H2,1-2H3. The van der Waals surface area contributed by atoms with Crippen LogP contribution >= 0.6 is 0 Å². The first-order valence-corrected chi connectivity index (χ1v) is 9.62. The van der Waals surface area contributed by atoms with Crippen LogP contribution in [-0.2, 0) is 6.42 Å². The summed E-state index contributed by atoms with van der Waals surface area (Å²) in [6.07, 6.45) is 3.53. The molecule has 0 unspecified atom stereocenters. The molecule has 0 amide bonds. The molecule has 0 bridgehead atoms. The molecule has 0 fully saturated rings. The molecule has 0 saturated heterocycles. The van der Waals surface area contributed by atoms with Crippen LogP contribution in [0.15, 0.2) is 66.9 Å². The van der Waals surface area contributed by atoms with E-state index in [9.17, 15) is 9.18 Å². The van der Waals surface area contributed by atoms with Crippen molar-refractivity contribution in [1.29, 1.82) is 0 Å². The predicted molar refractivity (Wildman–Crippen MR) is 112 cm³/mol. The van der Waals surface area contributed by atoms with Gasteiger partial charge in [0.1, 0.15) is 0 Å². The second-order valence-electron chi connectivity index (χ2n) is 6.96. The van der Waals surface area contributed by atoms with Gasteiger partial charge in [0.05, 0.1) is 0 Å². The number of aromatic nitrogens is 1. The van der Waals surface area contributed by atoms with E-state index in [-0.39, 0.29) is 5.78 Å². The Morgan fingerprint density at radius 1 is 0.964 bits per heavy atom. The predicted octanol–water partition coefficient (Wildman–Crippen LogP) is 5.55. The zero-order valence-electron chi connectivity index (χ0n) is 16.4. The SMILES string of the molecule is CCCN(C)c1ccc(-c2ccc(C(=O)CCc3ccc(F)nc3)cc2)cc1. The minimum atomic E-state index is -0.504. The Kier molecular flexibility index (Phi) is 6.53. The van der Waals surface area contributed by atoms with Gasteiger partial charge in [-0.1, -0.05) is 49.4 Å². The molecular formula is C24H25FN2O. The Morgan fingerprint density at radius 2 is 1.61 bits per heavy atom. The molecule has 144 valence electrons. The zero-order chi connectivity index (χ0) is 19.9. The van der Waals surface area contributed by atoms with E-state index in [0.717, 1.165) is 29.7 Å². The molecule has 0 atom stereocenters. The van der Waals surface area contributed by atoms with Gasteiger partial charge in [0.2, 0.25) is 5.95 Å². The van der Waals surface area contributed by atoms with Crippen molar-refractivity contribution < 1.29 is 9.18 Å². The molecule has 0 aliphatic rings. The van der Waals surface area contributed by atoms with E-state index in [1.54, 1.807) is 6.07 Å². The number of aryl methyl sites for hydroxylation is 1. The minimum Gasteiger partial charge on any atom is -0.375 e. The summed E-state index contributed by atoms with van der Waals surface area (Å²) in [4.78, 5) is 18.3. The van der Waals surface area contributed by atoms with Gasteiger partial charge in [-0.05, 0) is 47.7 Å². The van der Waals surface area contributed by atoms with Crippen LogP contribution in [0.2, 0.25) is 0 Å². The van der Waals surface area contributed by atoms with Gasteiger partial charge in [0, 0.05) is 37.5 Å². The summed E-state index contributed by atoms with van der Waals surface area (Å²) >= 11 is 0. The summed E-state index contributed by atoms with van der Waals surface area (Å²) in [7, 11) is 2.10. The van der Waals surface area contributed by atoms with Gasteiger partial charge in [0.25, 0.3) is 0 Å². The highest BCUT2D eigenvalue weighted by molar-refractivity contribution is 5.96. The van der Waals surface area contributed by atoms with Gasteiger partial charge in [-0.15, -0.1) is 0 Å². The number of hydrogen-bond donors (Lipinski definition) is 0. The molecule has 0 spiro atoms. The number of carbonyl (C=O) groups excluding carboxylic acids is 1. The molecule has 0 saturated carbocycles. The first kappa shape index (κ1) is 19.7. The van der Waals surface area contributed by atoms with E-state index in [2.05, 4.69) is 48.1 Å². The number of benzene rings is 2. The fourth-order valence-corrected chi connectivity index (χ4v) is 3.18. The van der Waals surface area contributed by atoms with Crippen molar-refractivity contribution in [3.63, 3.8) is 0 Å². The lowest BCUT2D eigenvalue weighted by atomic mass is 9.99. The third kappa shape index (κ3) is 5.03. The average molecular weight is 376 g/mol. The third-order valence-electron chi connectivity index (χ3n) is 4.84. The van der Waals surface area contributed by atoms with E-state index in [1.807, 2.05) is 24.3 Å². The molecule has 0 N–H and O–H groups in total. The maximum absolute atomic E-state index is 12.8. The number of halogens is 1. The molecule has 1 aromatic heterocycles. The van der Waals surface area contributed by atoms with Gasteiger partial charge in [-0.3, -0.25) is 4.79 Å². The third-order valence-corrected chi connectivity index (χ3v) is 4.84. The molecule has 3 nitrogen and oxygen atoms in total. The van der Waals surface area contributed by atoms with E-state index in [1.165, 1.54) is 18.0 Å². The Morgan fingerprint density at radius 3 is 2.18 bits per heavy atom. The molecule has 3 rings (SSSR count). The van der Waals surface area contributed by atoms with Crippen molar-refractivity contribution in [3.05, 3.63) is 83.9 Å². The topological polar surface area (TPSA) is 33.2 Å². The normalized spacial score (nSPS) is 10.7. The van der Waals surface area contributed by atoms with Crippen molar-refractivity contribution in [1.82, 2.24) is 4.98 Å². The Bertz CT molecular complexity index is 903. The molecule has 0 aliphatic heterocycles. The molecule has 3 aromatic rings. The first-order valence-electron chi connectivity index (χ1n) is 9.62. The van der Waals surface area contributed by atoms with Crippen molar-refractivity contribution in [2.24, 2.45) is 0 Å². The average Bonchev–Trinajstić information content (AvgIpc) is 2.73. The van der Waals surface area contributed by atoms with Crippen LogP contribution in [0.3, 0.4) is 0 Å². The summed E-state index contributed by atoms with van der Waals surface area (Å²) in [5.74, 6) is -0.428. The van der Waals surface area contributed by atoms with E-state index in [4.69, 9.17) is 0 Å². The number of hydrogen-bond acceptors (Lipinski definition) is 3. The largest absolute Gasteiger partial charge is 0.375 e. The molecular weight excluding hydrogens is 351 g/mol. The van der Waals surface area contributed by atoms with Crippen LogP contribution in [0, 0.1) is 5.95 Å². The summed E-state index contributed by atoms with van der Waals surface area (Å²) < 4.78 is 12.8. The Hall–Kier alpha value is -3.01.